The summed E-state index contributed by atoms with van der Waals surface area (Å²) in [6.45, 7) is 1.14. The molecule has 1 fully saturated rings. The first kappa shape index (κ1) is 12.7. The fraction of sp³-hybridized carbons (Fsp3) is 0.778. The number of alkyl halides is 3. The molecule has 0 N–H and O–H groups in total. The van der Waals surface area contributed by atoms with Gasteiger partial charge in [-0.25, -0.2) is 0 Å². The number of rotatable bonds is 2. The molecule has 1 heterocycles. The minimum atomic E-state index is -5.52. The molecular formula is C9H11F3O4S. The maximum Gasteiger partial charge on any atom is 0.534 e. The minimum absolute atomic E-state index is 0.0190. The second kappa shape index (κ2) is 3.88. The summed E-state index contributed by atoms with van der Waals surface area (Å²) in [7, 11) is -5.52. The first-order valence-corrected chi connectivity index (χ1v) is 6.43. The summed E-state index contributed by atoms with van der Waals surface area (Å²) in [5, 5.41) is 0. The normalized spacial score (nSPS) is 24.1. The van der Waals surface area contributed by atoms with Gasteiger partial charge in [-0.15, -0.1) is 0 Å². The summed E-state index contributed by atoms with van der Waals surface area (Å²) in [5.41, 5.74) is -5.39. The molecule has 2 aliphatic rings. The molecule has 1 spiro atoms. The lowest BCUT2D eigenvalue weighted by Gasteiger charge is -2.43. The van der Waals surface area contributed by atoms with E-state index in [9.17, 15) is 21.6 Å². The van der Waals surface area contributed by atoms with Gasteiger partial charge in [-0.3, -0.25) is 0 Å². The van der Waals surface area contributed by atoms with Gasteiger partial charge in [0, 0.05) is 11.8 Å². The lowest BCUT2D eigenvalue weighted by Crippen LogP contribution is -2.43. The lowest BCUT2D eigenvalue weighted by atomic mass is 9.75. The first-order chi connectivity index (χ1) is 7.74. The number of ether oxygens (including phenoxy) is 1. The van der Waals surface area contributed by atoms with Crippen LogP contribution in [0.5, 0.6) is 0 Å². The Hall–Kier alpha value is -0.760. The molecule has 0 radical (unpaired) electrons. The molecule has 2 rings (SSSR count). The van der Waals surface area contributed by atoms with Crippen molar-refractivity contribution in [2.75, 3.05) is 13.2 Å². The zero-order valence-electron chi connectivity index (χ0n) is 8.79. The summed E-state index contributed by atoms with van der Waals surface area (Å²) >= 11 is 0. The molecule has 17 heavy (non-hydrogen) atoms. The second-order valence-electron chi connectivity index (χ2n) is 4.35. The van der Waals surface area contributed by atoms with Gasteiger partial charge in [0.2, 0.25) is 0 Å². The van der Waals surface area contributed by atoms with Gasteiger partial charge in [-0.05, 0) is 18.9 Å². The molecule has 8 heteroatoms. The standard InChI is InChI=1S/C9H11F3O4S/c10-9(11,12)17(13,14)16-7-1-3-8(4-2-7)5-15-6-8/h1H,2-6H2. The molecule has 0 aromatic rings. The largest absolute Gasteiger partial charge is 0.534 e. The number of hydrogen-bond acceptors (Lipinski definition) is 4. The predicted octanol–water partition coefficient (Wildman–Crippen LogP) is 1.94. The van der Waals surface area contributed by atoms with Crippen molar-refractivity contribution in [1.82, 2.24) is 0 Å². The van der Waals surface area contributed by atoms with Crippen LogP contribution >= 0.6 is 0 Å². The second-order valence-corrected chi connectivity index (χ2v) is 5.89. The molecule has 1 aliphatic heterocycles. The van der Waals surface area contributed by atoms with Gasteiger partial charge in [0.1, 0.15) is 5.76 Å². The zero-order chi connectivity index (χ0) is 12.7. The summed E-state index contributed by atoms with van der Waals surface area (Å²) in [5.74, 6) is -0.125. The number of hydrogen-bond donors (Lipinski definition) is 0. The third-order valence-electron chi connectivity index (χ3n) is 2.98. The van der Waals surface area contributed by atoms with E-state index in [4.69, 9.17) is 4.74 Å². The highest BCUT2D eigenvalue weighted by molar-refractivity contribution is 7.87. The van der Waals surface area contributed by atoms with Crippen LogP contribution in [0.1, 0.15) is 19.3 Å². The maximum atomic E-state index is 12.1. The molecule has 0 amide bonds. The topological polar surface area (TPSA) is 52.6 Å². The SMILES string of the molecule is O=S(=O)(OC1=CCC2(CC1)COC2)C(F)(F)F. The van der Waals surface area contributed by atoms with Crippen LogP contribution in [0.4, 0.5) is 13.2 Å². The van der Waals surface area contributed by atoms with Gasteiger partial charge in [0.05, 0.1) is 13.2 Å². The van der Waals surface area contributed by atoms with Gasteiger partial charge in [-0.1, -0.05) is 0 Å². The van der Waals surface area contributed by atoms with Gasteiger partial charge < -0.3 is 8.92 Å². The van der Waals surface area contributed by atoms with Crippen LogP contribution in [-0.2, 0) is 19.0 Å². The molecule has 0 bridgehead atoms. The van der Waals surface area contributed by atoms with Crippen LogP contribution in [0.15, 0.2) is 11.8 Å². The van der Waals surface area contributed by atoms with E-state index in [0.717, 1.165) is 0 Å². The van der Waals surface area contributed by atoms with E-state index in [1.807, 2.05) is 0 Å². The highest BCUT2D eigenvalue weighted by Crippen LogP contribution is 2.42. The van der Waals surface area contributed by atoms with Crippen molar-refractivity contribution in [1.29, 1.82) is 0 Å². The van der Waals surface area contributed by atoms with Crippen LogP contribution < -0.4 is 0 Å². The van der Waals surface area contributed by atoms with Crippen LogP contribution in [0.2, 0.25) is 0 Å². The summed E-state index contributed by atoms with van der Waals surface area (Å²) in [4.78, 5) is 0. The average Bonchev–Trinajstić information content (AvgIpc) is 2.14. The minimum Gasteiger partial charge on any atom is -0.381 e. The first-order valence-electron chi connectivity index (χ1n) is 5.02. The van der Waals surface area contributed by atoms with E-state index in [0.29, 0.717) is 26.1 Å². The van der Waals surface area contributed by atoms with E-state index in [1.54, 1.807) is 0 Å². The highest BCUT2D eigenvalue weighted by Gasteiger charge is 2.49. The molecule has 0 unspecified atom stereocenters. The fourth-order valence-electron chi connectivity index (χ4n) is 1.84. The van der Waals surface area contributed by atoms with Crippen LogP contribution in [-0.4, -0.2) is 27.1 Å². The van der Waals surface area contributed by atoms with E-state index in [-0.39, 0.29) is 17.6 Å². The highest BCUT2D eigenvalue weighted by atomic mass is 32.2. The van der Waals surface area contributed by atoms with Crippen molar-refractivity contribution in [3.05, 3.63) is 11.8 Å². The third kappa shape index (κ3) is 2.42. The molecule has 0 aromatic heterocycles. The number of halogens is 3. The van der Waals surface area contributed by atoms with Crippen molar-refractivity contribution in [3.63, 3.8) is 0 Å². The van der Waals surface area contributed by atoms with Gasteiger partial charge in [-0.2, -0.15) is 21.6 Å². The molecule has 0 saturated carbocycles. The monoisotopic (exact) mass is 272 g/mol. The van der Waals surface area contributed by atoms with E-state index in [1.165, 1.54) is 6.08 Å². The van der Waals surface area contributed by atoms with Crippen LogP contribution in [0, 0.1) is 5.41 Å². The van der Waals surface area contributed by atoms with Crippen LogP contribution in [0.3, 0.4) is 0 Å². The van der Waals surface area contributed by atoms with Crippen molar-refractivity contribution in [2.24, 2.45) is 5.41 Å². The van der Waals surface area contributed by atoms with E-state index < -0.39 is 15.6 Å². The maximum absolute atomic E-state index is 12.1. The van der Waals surface area contributed by atoms with Gasteiger partial charge in [0.15, 0.2) is 0 Å². The van der Waals surface area contributed by atoms with Crippen molar-refractivity contribution in [3.8, 4) is 0 Å². The van der Waals surface area contributed by atoms with Crippen LogP contribution in [0.25, 0.3) is 0 Å². The Morgan fingerprint density at radius 1 is 1.35 bits per heavy atom. The molecule has 0 atom stereocenters. The molecular weight excluding hydrogens is 261 g/mol. The van der Waals surface area contributed by atoms with Crippen molar-refractivity contribution >= 4 is 10.1 Å². The van der Waals surface area contributed by atoms with Crippen molar-refractivity contribution in [2.45, 2.75) is 24.8 Å². The zero-order valence-corrected chi connectivity index (χ0v) is 9.60. The average molecular weight is 272 g/mol. The summed E-state index contributed by atoms with van der Waals surface area (Å²) in [6, 6.07) is 0. The Kier molecular flexibility index (Phi) is 2.89. The smallest absolute Gasteiger partial charge is 0.381 e. The fourth-order valence-corrected chi connectivity index (χ4v) is 2.37. The van der Waals surface area contributed by atoms with Gasteiger partial charge >= 0.3 is 15.6 Å². The third-order valence-corrected chi connectivity index (χ3v) is 3.98. The Balaban J connectivity index is 2.02. The molecule has 1 saturated heterocycles. The Morgan fingerprint density at radius 2 is 2.00 bits per heavy atom. The molecule has 0 aromatic carbocycles. The molecule has 98 valence electrons. The Morgan fingerprint density at radius 3 is 2.35 bits per heavy atom. The van der Waals surface area contributed by atoms with E-state index >= 15 is 0 Å². The lowest BCUT2D eigenvalue weighted by molar-refractivity contribution is -0.119. The molecule has 4 nitrogen and oxygen atoms in total. The van der Waals surface area contributed by atoms with E-state index in [2.05, 4.69) is 4.18 Å². The van der Waals surface area contributed by atoms with Crippen molar-refractivity contribution < 1.29 is 30.5 Å². The molecule has 1 aliphatic carbocycles. The summed E-state index contributed by atoms with van der Waals surface area (Å²) in [6.07, 6.45) is 2.69. The van der Waals surface area contributed by atoms with Gasteiger partial charge in [0.25, 0.3) is 0 Å². The predicted molar refractivity (Wildman–Crippen MR) is 51.2 cm³/mol. The Bertz CT molecular complexity index is 434. The quantitative estimate of drug-likeness (QED) is 0.569. The summed E-state index contributed by atoms with van der Waals surface area (Å²) < 4.78 is 66.8. The number of allylic oxidation sites excluding steroid dienone is 2. The Labute approximate surface area is 96.5 Å².